The lowest BCUT2D eigenvalue weighted by Crippen LogP contribution is -2.31. The minimum Gasteiger partial charge on any atom is -0.463 e. The van der Waals surface area contributed by atoms with Crippen molar-refractivity contribution >= 4 is 11.9 Å². The van der Waals surface area contributed by atoms with Crippen molar-refractivity contribution in [3.63, 3.8) is 0 Å². The molecule has 0 aromatic carbocycles. The number of fused-ring (bicyclic) bond motifs is 1. The van der Waals surface area contributed by atoms with E-state index in [-0.39, 0.29) is 19.2 Å². The summed E-state index contributed by atoms with van der Waals surface area (Å²) in [5, 5.41) is 0. The summed E-state index contributed by atoms with van der Waals surface area (Å²) >= 11 is 0. The van der Waals surface area contributed by atoms with Crippen LogP contribution in [0.25, 0.3) is 0 Å². The average molecular weight is 342 g/mol. The Balaban J connectivity index is 2.12. The highest BCUT2D eigenvalue weighted by molar-refractivity contribution is 5.83. The molecule has 0 aliphatic carbocycles. The Morgan fingerprint density at radius 3 is 2.46 bits per heavy atom. The molecule has 0 amide bonds. The number of ether oxygens (including phenoxy) is 5. The van der Waals surface area contributed by atoms with E-state index in [9.17, 15) is 9.59 Å². The second kappa shape index (κ2) is 6.82. The molecule has 2 aliphatic rings. The van der Waals surface area contributed by atoms with E-state index in [1.807, 2.05) is 0 Å². The van der Waals surface area contributed by atoms with Gasteiger partial charge in [0.25, 0.3) is 0 Å². The summed E-state index contributed by atoms with van der Waals surface area (Å²) in [6.45, 7) is 10.8. The molecule has 2 saturated heterocycles. The van der Waals surface area contributed by atoms with Gasteiger partial charge in [-0.05, 0) is 41.5 Å². The molecule has 7 nitrogen and oxygen atoms in total. The number of esters is 2. The van der Waals surface area contributed by atoms with E-state index in [1.165, 1.54) is 6.08 Å². The van der Waals surface area contributed by atoms with Crippen LogP contribution in [0.4, 0.5) is 0 Å². The molecular formula is C17H26O7. The van der Waals surface area contributed by atoms with Crippen molar-refractivity contribution in [3.05, 3.63) is 11.6 Å². The summed E-state index contributed by atoms with van der Waals surface area (Å²) in [4.78, 5) is 23.8. The molecular weight excluding hydrogens is 316 g/mol. The maximum Gasteiger partial charge on any atom is 0.330 e. The smallest absolute Gasteiger partial charge is 0.330 e. The van der Waals surface area contributed by atoms with Gasteiger partial charge in [0.05, 0.1) is 12.0 Å². The largest absolute Gasteiger partial charge is 0.463 e. The molecule has 0 aromatic heterocycles. The molecule has 0 bridgehead atoms. The van der Waals surface area contributed by atoms with E-state index in [0.29, 0.717) is 5.57 Å². The third-order valence-electron chi connectivity index (χ3n) is 3.61. The van der Waals surface area contributed by atoms with Crippen LogP contribution < -0.4 is 0 Å². The maximum atomic E-state index is 12.0. The molecule has 2 aliphatic heterocycles. The van der Waals surface area contributed by atoms with Crippen molar-refractivity contribution in [2.75, 3.05) is 13.2 Å². The molecule has 24 heavy (non-hydrogen) atoms. The second-order valence-electron chi connectivity index (χ2n) is 7.29. The topological polar surface area (TPSA) is 80.3 Å². The van der Waals surface area contributed by atoms with Gasteiger partial charge in [0.1, 0.15) is 18.8 Å². The van der Waals surface area contributed by atoms with Crippen molar-refractivity contribution in [3.8, 4) is 0 Å². The average Bonchev–Trinajstić information content (AvgIpc) is 2.88. The van der Waals surface area contributed by atoms with E-state index in [1.54, 1.807) is 41.5 Å². The van der Waals surface area contributed by atoms with E-state index in [4.69, 9.17) is 23.7 Å². The summed E-state index contributed by atoms with van der Waals surface area (Å²) in [5.41, 5.74) is -0.0557. The quantitative estimate of drug-likeness (QED) is 0.570. The van der Waals surface area contributed by atoms with Gasteiger partial charge in [-0.1, -0.05) is 0 Å². The van der Waals surface area contributed by atoms with Crippen molar-refractivity contribution in [1.82, 2.24) is 0 Å². The maximum absolute atomic E-state index is 12.0. The molecule has 0 saturated carbocycles. The first-order valence-corrected chi connectivity index (χ1v) is 8.10. The first-order chi connectivity index (χ1) is 11.0. The monoisotopic (exact) mass is 342 g/mol. The Kier molecular flexibility index (Phi) is 5.37. The molecule has 2 rings (SSSR count). The van der Waals surface area contributed by atoms with Gasteiger partial charge in [0.2, 0.25) is 0 Å². The van der Waals surface area contributed by atoms with E-state index in [0.717, 1.165) is 0 Å². The molecule has 136 valence electrons. The lowest BCUT2D eigenvalue weighted by Gasteiger charge is -2.23. The summed E-state index contributed by atoms with van der Waals surface area (Å²) < 4.78 is 27.5. The van der Waals surface area contributed by atoms with Gasteiger partial charge in [0, 0.05) is 11.6 Å². The van der Waals surface area contributed by atoms with Crippen LogP contribution in [0, 0.1) is 5.41 Å². The highest BCUT2D eigenvalue weighted by Gasteiger charge is 2.52. The minimum absolute atomic E-state index is 0.0124. The second-order valence-corrected chi connectivity index (χ2v) is 7.29. The Labute approximate surface area is 142 Å². The Hall–Kier alpha value is -1.44. The van der Waals surface area contributed by atoms with Gasteiger partial charge in [-0.15, -0.1) is 0 Å². The minimum atomic E-state index is -0.809. The zero-order chi connectivity index (χ0) is 18.1. The predicted molar refractivity (Wildman–Crippen MR) is 83.8 cm³/mol. The van der Waals surface area contributed by atoms with Crippen molar-refractivity contribution < 1.29 is 33.3 Å². The van der Waals surface area contributed by atoms with Gasteiger partial charge < -0.3 is 23.7 Å². The van der Waals surface area contributed by atoms with Crippen LogP contribution in [-0.4, -0.2) is 49.4 Å². The van der Waals surface area contributed by atoms with E-state index < -0.39 is 35.7 Å². The zero-order valence-corrected chi connectivity index (χ0v) is 15.1. The predicted octanol–water partition coefficient (Wildman–Crippen LogP) is 1.94. The Bertz CT molecular complexity index is 530. The summed E-state index contributed by atoms with van der Waals surface area (Å²) in [6, 6.07) is 0. The van der Waals surface area contributed by atoms with Crippen LogP contribution in [0.15, 0.2) is 11.6 Å². The lowest BCUT2D eigenvalue weighted by molar-refractivity contribution is -0.205. The Morgan fingerprint density at radius 1 is 1.21 bits per heavy atom. The molecule has 0 unspecified atom stereocenters. The fourth-order valence-corrected chi connectivity index (χ4v) is 2.48. The number of carbonyl (C=O) groups excluding carboxylic acids is 2. The molecule has 0 radical (unpaired) electrons. The van der Waals surface area contributed by atoms with Crippen LogP contribution >= 0.6 is 0 Å². The van der Waals surface area contributed by atoms with Gasteiger partial charge >= 0.3 is 11.9 Å². The van der Waals surface area contributed by atoms with Crippen LogP contribution in [0.1, 0.15) is 41.5 Å². The van der Waals surface area contributed by atoms with Crippen LogP contribution in [0.2, 0.25) is 0 Å². The fourth-order valence-electron chi connectivity index (χ4n) is 2.48. The van der Waals surface area contributed by atoms with Gasteiger partial charge in [0.15, 0.2) is 12.1 Å². The highest BCUT2D eigenvalue weighted by Crippen LogP contribution is 2.40. The lowest BCUT2D eigenvalue weighted by atomic mass is 9.97. The van der Waals surface area contributed by atoms with Crippen LogP contribution in [-0.2, 0) is 33.3 Å². The summed E-state index contributed by atoms with van der Waals surface area (Å²) in [5.74, 6) is -1.64. The molecule has 0 spiro atoms. The zero-order valence-electron chi connectivity index (χ0n) is 15.1. The fraction of sp³-hybridized carbons (Fsp3) is 0.765. The van der Waals surface area contributed by atoms with Gasteiger partial charge in [-0.25, -0.2) is 4.79 Å². The molecule has 7 heteroatoms. The van der Waals surface area contributed by atoms with Crippen molar-refractivity contribution in [1.29, 1.82) is 0 Å². The van der Waals surface area contributed by atoms with E-state index >= 15 is 0 Å². The standard InChI is InChI=1S/C17H26O7/c1-7-20-12(18)8-10-11(9-21-15(19)16(2,3)4)22-14-13(10)23-17(5,6)24-14/h8,11,13-14H,7,9H2,1-6H3/b10-8-/t11-,13-,14-/m1/s1. The van der Waals surface area contributed by atoms with Crippen molar-refractivity contribution in [2.45, 2.75) is 65.8 Å². The first-order valence-electron chi connectivity index (χ1n) is 8.10. The third-order valence-corrected chi connectivity index (χ3v) is 3.61. The number of hydrogen-bond acceptors (Lipinski definition) is 7. The molecule has 3 atom stereocenters. The molecule has 0 N–H and O–H groups in total. The normalized spacial score (nSPS) is 30.2. The van der Waals surface area contributed by atoms with Crippen LogP contribution in [0.5, 0.6) is 0 Å². The first kappa shape index (κ1) is 18.9. The molecule has 2 heterocycles. The number of carbonyl (C=O) groups is 2. The number of rotatable bonds is 4. The van der Waals surface area contributed by atoms with Crippen LogP contribution in [0.3, 0.4) is 0 Å². The third kappa shape index (κ3) is 4.34. The van der Waals surface area contributed by atoms with Crippen molar-refractivity contribution in [2.24, 2.45) is 5.41 Å². The molecule has 0 aromatic rings. The van der Waals surface area contributed by atoms with E-state index in [2.05, 4.69) is 0 Å². The summed E-state index contributed by atoms with van der Waals surface area (Å²) in [6.07, 6.45) is -0.428. The van der Waals surface area contributed by atoms with Gasteiger partial charge in [-0.3, -0.25) is 4.79 Å². The highest BCUT2D eigenvalue weighted by atomic mass is 16.8. The summed E-state index contributed by atoms with van der Waals surface area (Å²) in [7, 11) is 0. The SMILES string of the molecule is CCOC(=O)/C=C1\[C@H]2OC(C)(C)O[C@H]2O[C@@H]1COC(=O)C(C)(C)C. The molecule has 2 fully saturated rings. The Morgan fingerprint density at radius 2 is 1.88 bits per heavy atom. The number of hydrogen-bond donors (Lipinski definition) is 0. The van der Waals surface area contributed by atoms with Gasteiger partial charge in [-0.2, -0.15) is 0 Å².